The van der Waals surface area contributed by atoms with Crippen molar-refractivity contribution in [3.63, 3.8) is 0 Å². The molecular weight excluding hydrogens is 226 g/mol. The molecule has 1 heterocycles. The molecule has 5 heteroatoms. The lowest BCUT2D eigenvalue weighted by atomic mass is 9.89. The highest BCUT2D eigenvalue weighted by Gasteiger charge is 2.27. The molecule has 0 aromatic carbocycles. The van der Waals surface area contributed by atoms with E-state index < -0.39 is 15.9 Å². The van der Waals surface area contributed by atoms with Gasteiger partial charge in [0, 0.05) is 12.6 Å². The Kier molecular flexibility index (Phi) is 4.37. The van der Waals surface area contributed by atoms with Crippen LogP contribution in [0, 0.1) is 5.41 Å². The summed E-state index contributed by atoms with van der Waals surface area (Å²) in [7, 11) is -2.86. The number of hydrogen-bond donors (Lipinski definition) is 2. The third-order valence-corrected chi connectivity index (χ3v) is 4.88. The first kappa shape index (κ1) is 13.9. The van der Waals surface area contributed by atoms with E-state index in [1.165, 1.54) is 0 Å². The van der Waals surface area contributed by atoms with E-state index >= 15 is 0 Å². The molecular formula is C11H23NO3S. The Balaban J connectivity index is 2.39. The lowest BCUT2D eigenvalue weighted by Gasteiger charge is -2.29. The standard InChI is InChI=1S/C11H23NO3S/c1-11(2,3)10(13)7-12-9-5-4-6-16(14,15)8-9/h9-10,12-13H,4-8H2,1-3H3. The molecule has 2 atom stereocenters. The molecule has 0 bridgehead atoms. The number of aliphatic hydroxyl groups is 1. The van der Waals surface area contributed by atoms with Gasteiger partial charge in [-0.1, -0.05) is 20.8 Å². The summed E-state index contributed by atoms with van der Waals surface area (Å²) < 4.78 is 22.8. The number of aliphatic hydroxyl groups excluding tert-OH is 1. The van der Waals surface area contributed by atoms with Crippen LogP contribution < -0.4 is 5.32 Å². The number of rotatable bonds is 3. The van der Waals surface area contributed by atoms with Crippen LogP contribution in [0.15, 0.2) is 0 Å². The van der Waals surface area contributed by atoms with Crippen molar-refractivity contribution in [2.24, 2.45) is 5.41 Å². The molecule has 1 aliphatic rings. The monoisotopic (exact) mass is 249 g/mol. The Labute approximate surface area is 98.4 Å². The van der Waals surface area contributed by atoms with Gasteiger partial charge in [-0.3, -0.25) is 0 Å². The smallest absolute Gasteiger partial charge is 0.151 e. The SMILES string of the molecule is CC(C)(C)C(O)CNC1CCCS(=O)(=O)C1. The summed E-state index contributed by atoms with van der Waals surface area (Å²) in [4.78, 5) is 0. The summed E-state index contributed by atoms with van der Waals surface area (Å²) in [5.41, 5.74) is -0.166. The highest BCUT2D eigenvalue weighted by molar-refractivity contribution is 7.91. The summed E-state index contributed by atoms with van der Waals surface area (Å²) in [5, 5.41) is 13.0. The minimum absolute atomic E-state index is 0.00995. The lowest BCUT2D eigenvalue weighted by Crippen LogP contribution is -2.45. The third-order valence-electron chi connectivity index (χ3n) is 3.06. The third kappa shape index (κ3) is 4.39. The topological polar surface area (TPSA) is 66.4 Å². The van der Waals surface area contributed by atoms with Crippen molar-refractivity contribution in [3.05, 3.63) is 0 Å². The molecule has 1 aliphatic heterocycles. The van der Waals surface area contributed by atoms with Gasteiger partial charge in [-0.2, -0.15) is 0 Å². The van der Waals surface area contributed by atoms with E-state index in [9.17, 15) is 13.5 Å². The van der Waals surface area contributed by atoms with Gasteiger partial charge in [-0.25, -0.2) is 8.42 Å². The molecule has 96 valence electrons. The minimum Gasteiger partial charge on any atom is -0.391 e. The Morgan fingerprint density at radius 1 is 1.44 bits per heavy atom. The maximum Gasteiger partial charge on any atom is 0.151 e. The van der Waals surface area contributed by atoms with Crippen LogP contribution in [0.3, 0.4) is 0 Å². The number of hydrogen-bond acceptors (Lipinski definition) is 4. The van der Waals surface area contributed by atoms with Crippen LogP contribution >= 0.6 is 0 Å². The van der Waals surface area contributed by atoms with Crippen molar-refractivity contribution in [3.8, 4) is 0 Å². The highest BCUT2D eigenvalue weighted by Crippen LogP contribution is 2.19. The second-order valence-corrected chi connectivity index (χ2v) is 7.97. The Bertz CT molecular complexity index is 319. The summed E-state index contributed by atoms with van der Waals surface area (Å²) in [6.07, 6.45) is 1.17. The Hall–Kier alpha value is -0.130. The largest absolute Gasteiger partial charge is 0.391 e. The maximum atomic E-state index is 11.4. The van der Waals surface area contributed by atoms with Crippen molar-refractivity contribution in [1.82, 2.24) is 5.32 Å². The van der Waals surface area contributed by atoms with Crippen LogP contribution in [-0.2, 0) is 9.84 Å². The first-order chi connectivity index (χ1) is 7.21. The quantitative estimate of drug-likeness (QED) is 0.767. The summed E-state index contributed by atoms with van der Waals surface area (Å²) in [5.74, 6) is 0.525. The normalized spacial score (nSPS) is 27.6. The van der Waals surface area contributed by atoms with Gasteiger partial charge in [0.1, 0.15) is 0 Å². The molecule has 2 N–H and O–H groups in total. The molecule has 0 amide bonds. The average Bonchev–Trinajstić information content (AvgIpc) is 2.11. The summed E-state index contributed by atoms with van der Waals surface area (Å²) in [6, 6.07) is 0.00995. The zero-order valence-electron chi connectivity index (χ0n) is 10.4. The van der Waals surface area contributed by atoms with Crippen LogP contribution in [0.2, 0.25) is 0 Å². The predicted molar refractivity (Wildman–Crippen MR) is 65.1 cm³/mol. The van der Waals surface area contributed by atoms with Crippen LogP contribution in [0.1, 0.15) is 33.6 Å². The van der Waals surface area contributed by atoms with Gasteiger partial charge in [-0.05, 0) is 18.3 Å². The fourth-order valence-electron chi connectivity index (χ4n) is 1.77. The number of sulfone groups is 1. The molecule has 1 rings (SSSR count). The van der Waals surface area contributed by atoms with Crippen molar-refractivity contribution in [2.45, 2.75) is 45.8 Å². The Morgan fingerprint density at radius 2 is 2.06 bits per heavy atom. The number of nitrogens with one attached hydrogen (secondary N) is 1. The first-order valence-corrected chi connectivity index (χ1v) is 7.65. The summed E-state index contributed by atoms with van der Waals surface area (Å²) in [6.45, 7) is 6.37. The molecule has 0 aromatic heterocycles. The molecule has 0 aliphatic carbocycles. The molecule has 0 radical (unpaired) electrons. The molecule has 0 aromatic rings. The van der Waals surface area contributed by atoms with E-state index in [0.717, 1.165) is 12.8 Å². The van der Waals surface area contributed by atoms with Crippen molar-refractivity contribution in [1.29, 1.82) is 0 Å². The van der Waals surface area contributed by atoms with E-state index in [0.29, 0.717) is 12.3 Å². The fraction of sp³-hybridized carbons (Fsp3) is 1.00. The molecule has 0 saturated carbocycles. The van der Waals surface area contributed by atoms with Crippen molar-refractivity contribution >= 4 is 9.84 Å². The highest BCUT2D eigenvalue weighted by atomic mass is 32.2. The van der Waals surface area contributed by atoms with Crippen LogP contribution in [0.25, 0.3) is 0 Å². The van der Waals surface area contributed by atoms with Crippen LogP contribution in [0.5, 0.6) is 0 Å². The minimum atomic E-state index is -2.86. The van der Waals surface area contributed by atoms with Crippen LogP contribution in [-0.4, -0.2) is 43.7 Å². The Morgan fingerprint density at radius 3 is 2.56 bits per heavy atom. The van der Waals surface area contributed by atoms with Gasteiger partial charge < -0.3 is 10.4 Å². The zero-order valence-corrected chi connectivity index (χ0v) is 11.2. The first-order valence-electron chi connectivity index (χ1n) is 5.82. The average molecular weight is 249 g/mol. The van der Waals surface area contributed by atoms with Crippen molar-refractivity contribution in [2.75, 3.05) is 18.1 Å². The molecule has 16 heavy (non-hydrogen) atoms. The zero-order chi connectivity index (χ0) is 12.4. The van der Waals surface area contributed by atoms with Gasteiger partial charge in [0.05, 0.1) is 17.6 Å². The van der Waals surface area contributed by atoms with E-state index in [4.69, 9.17) is 0 Å². The van der Waals surface area contributed by atoms with Gasteiger partial charge >= 0.3 is 0 Å². The predicted octanol–water partition coefficient (Wildman–Crippen LogP) is 0.560. The molecule has 2 unspecified atom stereocenters. The van der Waals surface area contributed by atoms with Crippen molar-refractivity contribution < 1.29 is 13.5 Å². The van der Waals surface area contributed by atoms with Gasteiger partial charge in [0.15, 0.2) is 9.84 Å². The van der Waals surface area contributed by atoms with Gasteiger partial charge in [0.2, 0.25) is 0 Å². The molecule has 0 spiro atoms. The van der Waals surface area contributed by atoms with Gasteiger partial charge in [-0.15, -0.1) is 0 Å². The fourth-order valence-corrected chi connectivity index (χ4v) is 3.44. The van der Waals surface area contributed by atoms with E-state index in [1.807, 2.05) is 20.8 Å². The van der Waals surface area contributed by atoms with E-state index in [1.54, 1.807) is 0 Å². The maximum absolute atomic E-state index is 11.4. The second kappa shape index (κ2) is 5.02. The lowest BCUT2D eigenvalue weighted by molar-refractivity contribution is 0.0606. The van der Waals surface area contributed by atoms with Crippen LogP contribution in [0.4, 0.5) is 0 Å². The van der Waals surface area contributed by atoms with E-state index in [2.05, 4.69) is 5.32 Å². The second-order valence-electron chi connectivity index (χ2n) is 5.74. The molecule has 4 nitrogen and oxygen atoms in total. The molecule has 1 saturated heterocycles. The van der Waals surface area contributed by atoms with E-state index in [-0.39, 0.29) is 17.2 Å². The van der Waals surface area contributed by atoms with Gasteiger partial charge in [0.25, 0.3) is 0 Å². The summed E-state index contributed by atoms with van der Waals surface area (Å²) >= 11 is 0. The molecule has 1 fully saturated rings.